The SMILES string of the molecule is C=C(C)[C@@H](CC(=O)OC)c1cccc(O)c1.C=C(C)[C@H](CC(=O)OC)c1cccc(O)c1.COC(=O)C[C@@H](c1cccc(O)c1)C(C)C.COC(=O)C[C@H](c1cccc(O)c1)C(C)C. The van der Waals surface area contributed by atoms with E-state index in [4.69, 9.17) is 0 Å². The molecule has 0 aliphatic carbocycles. The molecule has 0 heterocycles. The minimum absolute atomic E-state index is 0.0829. The van der Waals surface area contributed by atoms with E-state index in [9.17, 15) is 39.6 Å². The van der Waals surface area contributed by atoms with Crippen LogP contribution in [-0.4, -0.2) is 72.7 Å². The van der Waals surface area contributed by atoms with E-state index in [-0.39, 0.29) is 83.4 Å². The van der Waals surface area contributed by atoms with E-state index >= 15 is 0 Å². The van der Waals surface area contributed by atoms with Crippen LogP contribution in [0.1, 0.15) is 113 Å². The summed E-state index contributed by atoms with van der Waals surface area (Å²) in [4.78, 5) is 45.1. The molecule has 0 unspecified atom stereocenters. The molecule has 0 saturated carbocycles. The molecule has 64 heavy (non-hydrogen) atoms. The van der Waals surface area contributed by atoms with Gasteiger partial charge in [0.1, 0.15) is 23.0 Å². The standard InChI is InChI=1S/2C13H18O3.2C13H16O3/c4*1-9(2)12(8-13(15)16-3)10-5-4-6-11(14)7-10/h2*4-7,9,12,14H,8H2,1-3H3;2*4-7,12,14H,1,8H2,2-3H3/t4*12-/m1010/s1. The minimum Gasteiger partial charge on any atom is -0.508 e. The van der Waals surface area contributed by atoms with Gasteiger partial charge in [0.25, 0.3) is 0 Å². The van der Waals surface area contributed by atoms with Gasteiger partial charge in [0.15, 0.2) is 0 Å². The molecular weight excluding hydrogens is 817 g/mol. The van der Waals surface area contributed by atoms with Crippen LogP contribution in [0.25, 0.3) is 0 Å². The predicted octanol–water partition coefficient (Wildman–Crippen LogP) is 10.6. The number of hydrogen-bond donors (Lipinski definition) is 4. The second-order valence-corrected chi connectivity index (χ2v) is 16.0. The van der Waals surface area contributed by atoms with Crippen LogP contribution in [0.2, 0.25) is 0 Å². The third kappa shape index (κ3) is 20.5. The summed E-state index contributed by atoms with van der Waals surface area (Å²) in [5.74, 6) is 0.417. The molecule has 0 spiro atoms. The summed E-state index contributed by atoms with van der Waals surface area (Å²) in [5, 5.41) is 37.6. The van der Waals surface area contributed by atoms with Crippen LogP contribution in [0.5, 0.6) is 23.0 Å². The Bertz CT molecular complexity index is 1950. The van der Waals surface area contributed by atoms with Gasteiger partial charge in [0.2, 0.25) is 0 Å². The fourth-order valence-electron chi connectivity index (χ4n) is 6.65. The van der Waals surface area contributed by atoms with Crippen LogP contribution in [0.4, 0.5) is 0 Å². The summed E-state index contributed by atoms with van der Waals surface area (Å²) in [6, 6.07) is 27.8. The number of phenolic OH excluding ortho intramolecular Hbond substituents is 4. The van der Waals surface area contributed by atoms with Crippen LogP contribution >= 0.6 is 0 Å². The molecule has 12 heteroatoms. The number of phenols is 4. The van der Waals surface area contributed by atoms with Crippen molar-refractivity contribution in [2.24, 2.45) is 11.8 Å². The maximum absolute atomic E-state index is 11.3. The molecule has 348 valence electrons. The normalized spacial score (nSPS) is 12.2. The fourth-order valence-corrected chi connectivity index (χ4v) is 6.65. The lowest BCUT2D eigenvalue weighted by Crippen LogP contribution is -2.13. The summed E-state index contributed by atoms with van der Waals surface area (Å²) < 4.78 is 18.6. The molecule has 0 aliphatic rings. The van der Waals surface area contributed by atoms with Crippen molar-refractivity contribution in [2.75, 3.05) is 28.4 Å². The lowest BCUT2D eigenvalue weighted by molar-refractivity contribution is -0.142. The van der Waals surface area contributed by atoms with E-state index in [1.807, 2.05) is 38.1 Å². The third-order valence-electron chi connectivity index (χ3n) is 10.4. The quantitative estimate of drug-likeness (QED) is 0.0475. The molecule has 4 atom stereocenters. The molecule has 0 aliphatic heterocycles. The zero-order valence-corrected chi connectivity index (χ0v) is 39.0. The summed E-state index contributed by atoms with van der Waals surface area (Å²) in [7, 11) is 5.50. The number of rotatable bonds is 16. The largest absolute Gasteiger partial charge is 0.508 e. The molecule has 0 amide bonds. The van der Waals surface area contributed by atoms with Crippen LogP contribution in [0.15, 0.2) is 121 Å². The van der Waals surface area contributed by atoms with Gasteiger partial charge in [0.05, 0.1) is 54.1 Å². The van der Waals surface area contributed by atoms with E-state index in [2.05, 4.69) is 59.8 Å². The number of aromatic hydroxyl groups is 4. The number of hydrogen-bond acceptors (Lipinski definition) is 12. The number of benzene rings is 4. The first-order valence-corrected chi connectivity index (χ1v) is 20.9. The Labute approximate surface area is 379 Å². The smallest absolute Gasteiger partial charge is 0.306 e. The summed E-state index contributed by atoms with van der Waals surface area (Å²) in [5.41, 5.74) is 5.43. The first-order chi connectivity index (χ1) is 30.2. The maximum atomic E-state index is 11.3. The van der Waals surface area contributed by atoms with E-state index in [0.29, 0.717) is 24.7 Å². The fraction of sp³-hybridized carbons (Fsp3) is 0.385. The highest BCUT2D eigenvalue weighted by atomic mass is 16.5. The molecule has 0 aromatic heterocycles. The molecule has 0 fully saturated rings. The Morgan fingerprint density at radius 2 is 0.672 bits per heavy atom. The van der Waals surface area contributed by atoms with Gasteiger partial charge in [-0.3, -0.25) is 19.2 Å². The van der Waals surface area contributed by atoms with Gasteiger partial charge in [-0.15, -0.1) is 0 Å². The van der Waals surface area contributed by atoms with Crippen molar-refractivity contribution in [1.82, 2.24) is 0 Å². The average Bonchev–Trinajstić information content (AvgIpc) is 3.25. The summed E-state index contributed by atoms with van der Waals surface area (Å²) in [6.45, 7) is 19.6. The molecular formula is C52H68O12. The van der Waals surface area contributed by atoms with Gasteiger partial charge in [-0.1, -0.05) is 101 Å². The van der Waals surface area contributed by atoms with Crippen molar-refractivity contribution in [3.8, 4) is 23.0 Å². The van der Waals surface area contributed by atoms with Crippen LogP contribution in [0.3, 0.4) is 0 Å². The van der Waals surface area contributed by atoms with Gasteiger partial charge in [0, 0.05) is 11.8 Å². The highest BCUT2D eigenvalue weighted by molar-refractivity contribution is 5.72. The zero-order chi connectivity index (χ0) is 48.5. The van der Waals surface area contributed by atoms with Crippen molar-refractivity contribution in [3.05, 3.63) is 144 Å². The van der Waals surface area contributed by atoms with Crippen LogP contribution in [0, 0.1) is 11.8 Å². The van der Waals surface area contributed by atoms with Gasteiger partial charge in [-0.05, 0) is 108 Å². The average molecular weight is 885 g/mol. The molecule has 0 radical (unpaired) electrons. The highest BCUT2D eigenvalue weighted by Crippen LogP contribution is 2.33. The maximum Gasteiger partial charge on any atom is 0.306 e. The number of allylic oxidation sites excluding steroid dienone is 2. The molecule has 0 saturated heterocycles. The first kappa shape index (κ1) is 55.5. The minimum atomic E-state index is -0.281. The molecule has 12 nitrogen and oxygen atoms in total. The molecule has 0 bridgehead atoms. The van der Waals surface area contributed by atoms with Crippen molar-refractivity contribution in [2.45, 2.75) is 90.9 Å². The van der Waals surface area contributed by atoms with Crippen molar-refractivity contribution in [3.63, 3.8) is 0 Å². The highest BCUT2D eigenvalue weighted by Gasteiger charge is 2.22. The van der Waals surface area contributed by atoms with E-state index in [0.717, 1.165) is 33.4 Å². The molecule has 4 N–H and O–H groups in total. The van der Waals surface area contributed by atoms with Gasteiger partial charge in [-0.2, -0.15) is 0 Å². The number of ether oxygens (including phenoxy) is 4. The van der Waals surface area contributed by atoms with Crippen molar-refractivity contribution >= 4 is 23.9 Å². The molecule has 4 rings (SSSR count). The summed E-state index contributed by atoms with van der Waals surface area (Å²) in [6.07, 6.45) is 1.18. The zero-order valence-electron chi connectivity index (χ0n) is 39.0. The number of carbonyl (C=O) groups is 4. The van der Waals surface area contributed by atoms with Crippen molar-refractivity contribution in [1.29, 1.82) is 0 Å². The van der Waals surface area contributed by atoms with E-state index in [1.165, 1.54) is 28.4 Å². The Hall–Kier alpha value is -6.56. The van der Waals surface area contributed by atoms with Gasteiger partial charge >= 0.3 is 23.9 Å². The monoisotopic (exact) mass is 884 g/mol. The van der Waals surface area contributed by atoms with E-state index in [1.54, 1.807) is 72.8 Å². The predicted molar refractivity (Wildman–Crippen MR) is 249 cm³/mol. The molecule has 4 aromatic carbocycles. The van der Waals surface area contributed by atoms with Crippen molar-refractivity contribution < 1.29 is 58.6 Å². The topological polar surface area (TPSA) is 186 Å². The van der Waals surface area contributed by atoms with E-state index < -0.39 is 0 Å². The Morgan fingerprint density at radius 3 is 0.891 bits per heavy atom. The first-order valence-electron chi connectivity index (χ1n) is 20.9. The Balaban J connectivity index is 0.000000427. The Morgan fingerprint density at radius 1 is 0.438 bits per heavy atom. The number of methoxy groups -OCH3 is 4. The lowest BCUT2D eigenvalue weighted by atomic mass is 9.86. The second kappa shape index (κ2) is 28.9. The summed E-state index contributed by atoms with van der Waals surface area (Å²) >= 11 is 0. The van der Waals surface area contributed by atoms with Gasteiger partial charge < -0.3 is 39.4 Å². The van der Waals surface area contributed by atoms with Crippen LogP contribution in [-0.2, 0) is 38.1 Å². The number of carbonyl (C=O) groups excluding carboxylic acids is 4. The lowest BCUT2D eigenvalue weighted by Gasteiger charge is -2.20. The Kier molecular flexibility index (Phi) is 25.1. The van der Waals surface area contributed by atoms with Crippen LogP contribution < -0.4 is 0 Å². The number of esters is 4. The van der Waals surface area contributed by atoms with Gasteiger partial charge in [-0.25, -0.2) is 0 Å². The second-order valence-electron chi connectivity index (χ2n) is 16.0. The molecule has 4 aromatic rings. The third-order valence-corrected chi connectivity index (χ3v) is 10.4.